The molecule has 0 N–H and O–H groups in total. The topological polar surface area (TPSA) is 25.6 Å². The van der Waals surface area contributed by atoms with E-state index in [9.17, 15) is 0 Å². The van der Waals surface area contributed by atoms with Gasteiger partial charge < -0.3 is 14.1 Å². The van der Waals surface area contributed by atoms with Gasteiger partial charge in [-0.15, -0.1) is 0 Å². The Morgan fingerprint density at radius 2 is 1.00 bits per heavy atom. The highest BCUT2D eigenvalue weighted by Gasteiger charge is 2.51. The Balaban J connectivity index is 1.14. The lowest BCUT2D eigenvalue weighted by molar-refractivity contribution is 0.436. The zero-order valence-corrected chi connectivity index (χ0v) is 28.2. The van der Waals surface area contributed by atoms with Crippen LogP contribution < -0.4 is 9.64 Å². The van der Waals surface area contributed by atoms with E-state index in [-0.39, 0.29) is 0 Å². The summed E-state index contributed by atoms with van der Waals surface area (Å²) in [6.07, 6.45) is 0. The third-order valence-electron chi connectivity index (χ3n) is 10.9. The number of hydrogen-bond donors (Lipinski definition) is 0. The summed E-state index contributed by atoms with van der Waals surface area (Å²) in [5.74, 6) is 1.79. The number of anilines is 3. The van der Waals surface area contributed by atoms with E-state index in [1.54, 1.807) is 0 Å². The minimum Gasteiger partial charge on any atom is -0.457 e. The second-order valence-corrected chi connectivity index (χ2v) is 13.6. The lowest BCUT2D eigenvalue weighted by Gasteiger charge is -2.39. The van der Waals surface area contributed by atoms with Crippen LogP contribution in [0.4, 0.5) is 17.1 Å². The van der Waals surface area contributed by atoms with Crippen LogP contribution in [0.1, 0.15) is 22.3 Å². The summed E-state index contributed by atoms with van der Waals surface area (Å²) in [6, 6.07) is 67.1. The van der Waals surface area contributed by atoms with Crippen molar-refractivity contribution in [3.8, 4) is 33.8 Å². The van der Waals surface area contributed by atoms with E-state index in [2.05, 4.69) is 181 Å². The van der Waals surface area contributed by atoms with E-state index in [1.165, 1.54) is 33.4 Å². The summed E-state index contributed by atoms with van der Waals surface area (Å²) in [7, 11) is 0. The van der Waals surface area contributed by atoms with Crippen LogP contribution in [0.5, 0.6) is 11.5 Å². The Morgan fingerprint density at radius 3 is 1.81 bits per heavy atom. The predicted molar refractivity (Wildman–Crippen MR) is 211 cm³/mol. The van der Waals surface area contributed by atoms with Gasteiger partial charge in [-0.05, 0) is 88.5 Å². The van der Waals surface area contributed by atoms with Crippen LogP contribution in [-0.2, 0) is 5.41 Å². The van der Waals surface area contributed by atoms with E-state index < -0.39 is 5.41 Å². The lowest BCUT2D eigenvalue weighted by atomic mass is 9.66. The van der Waals surface area contributed by atoms with E-state index in [4.69, 9.17) is 9.15 Å². The number of rotatable bonds is 4. The first-order valence-electron chi connectivity index (χ1n) is 17.8. The first-order valence-corrected chi connectivity index (χ1v) is 17.8. The average molecular weight is 666 g/mol. The molecule has 1 aromatic heterocycles. The fourth-order valence-electron chi connectivity index (χ4n) is 8.80. The standard InChI is InChI=1S/C49H31NO2/c1-2-14-33(15-3-1)50(44-22-10-5-16-35(44)32-26-28-38-37-18-6-11-23-45(37)51-48(38)30-32)34-27-29-41-39(31-34)36-17-4-7-19-40(36)49(41)42-20-8-12-24-46(42)52-47-25-13-9-21-43(47)49/h1-31H. The van der Waals surface area contributed by atoms with Crippen LogP contribution >= 0.6 is 0 Å². The van der Waals surface area contributed by atoms with Gasteiger partial charge in [0.05, 0.1) is 11.1 Å². The normalized spacial score (nSPS) is 13.3. The molecule has 11 rings (SSSR count). The molecule has 3 nitrogen and oxygen atoms in total. The van der Waals surface area contributed by atoms with Crippen molar-refractivity contribution >= 4 is 39.0 Å². The summed E-state index contributed by atoms with van der Waals surface area (Å²) in [4.78, 5) is 2.39. The minimum absolute atomic E-state index is 0.507. The van der Waals surface area contributed by atoms with Crippen molar-refractivity contribution < 1.29 is 9.15 Å². The zero-order valence-electron chi connectivity index (χ0n) is 28.2. The van der Waals surface area contributed by atoms with Crippen molar-refractivity contribution in [2.75, 3.05) is 4.90 Å². The SMILES string of the molecule is c1ccc(N(c2ccc3c(c2)-c2ccccc2C32c3ccccc3Oc3ccccc32)c2ccccc2-c2ccc3c(c2)oc2ccccc23)cc1. The Labute approximate surface area is 301 Å². The van der Waals surface area contributed by atoms with Crippen LogP contribution in [-0.4, -0.2) is 0 Å². The Kier molecular flexibility index (Phi) is 6.17. The van der Waals surface area contributed by atoms with Gasteiger partial charge in [-0.3, -0.25) is 0 Å². The summed E-state index contributed by atoms with van der Waals surface area (Å²) in [6.45, 7) is 0. The molecule has 0 atom stereocenters. The fourth-order valence-corrected chi connectivity index (χ4v) is 8.80. The largest absolute Gasteiger partial charge is 0.457 e. The minimum atomic E-state index is -0.507. The van der Waals surface area contributed by atoms with Gasteiger partial charge in [0.2, 0.25) is 0 Å². The number of nitrogens with zero attached hydrogens (tertiary/aromatic N) is 1. The van der Waals surface area contributed by atoms with Gasteiger partial charge in [-0.25, -0.2) is 0 Å². The molecule has 1 aliphatic heterocycles. The number of para-hydroxylation sites is 5. The highest BCUT2D eigenvalue weighted by atomic mass is 16.5. The van der Waals surface area contributed by atoms with Crippen molar-refractivity contribution in [2.45, 2.75) is 5.41 Å². The molecule has 2 heterocycles. The number of ether oxygens (including phenoxy) is 1. The van der Waals surface area contributed by atoms with Crippen LogP contribution in [0.2, 0.25) is 0 Å². The predicted octanol–water partition coefficient (Wildman–Crippen LogP) is 13.2. The molecule has 0 radical (unpaired) electrons. The molecule has 8 aromatic carbocycles. The van der Waals surface area contributed by atoms with Crippen LogP contribution in [0.25, 0.3) is 44.2 Å². The van der Waals surface area contributed by atoms with Gasteiger partial charge in [0.25, 0.3) is 0 Å². The van der Waals surface area contributed by atoms with Gasteiger partial charge >= 0.3 is 0 Å². The molecule has 0 unspecified atom stereocenters. The first kappa shape index (κ1) is 28.9. The summed E-state index contributed by atoms with van der Waals surface area (Å²) < 4.78 is 12.9. The fraction of sp³-hybridized carbons (Fsp3) is 0.0204. The third kappa shape index (κ3) is 4.02. The monoisotopic (exact) mass is 665 g/mol. The second-order valence-electron chi connectivity index (χ2n) is 13.6. The van der Waals surface area contributed by atoms with Gasteiger partial charge in [-0.1, -0.05) is 127 Å². The van der Waals surface area contributed by atoms with Crippen molar-refractivity contribution in [3.05, 3.63) is 210 Å². The molecule has 1 aliphatic carbocycles. The molecule has 1 spiro atoms. The van der Waals surface area contributed by atoms with Crippen LogP contribution in [0.3, 0.4) is 0 Å². The van der Waals surface area contributed by atoms with E-state index in [0.29, 0.717) is 0 Å². The second kappa shape index (κ2) is 11.1. The van der Waals surface area contributed by atoms with Gasteiger partial charge in [0.1, 0.15) is 22.7 Å². The molecule has 0 bridgehead atoms. The highest BCUT2D eigenvalue weighted by Crippen LogP contribution is 2.62. The molecular formula is C49H31NO2. The Bertz CT molecular complexity index is 2800. The molecule has 0 fully saturated rings. The summed E-state index contributed by atoms with van der Waals surface area (Å²) in [5, 5.41) is 2.26. The highest BCUT2D eigenvalue weighted by molar-refractivity contribution is 6.06. The number of fused-ring (bicyclic) bond motifs is 12. The summed E-state index contributed by atoms with van der Waals surface area (Å²) in [5.41, 5.74) is 14.1. The number of hydrogen-bond acceptors (Lipinski definition) is 3. The molecule has 0 saturated carbocycles. The maximum atomic E-state index is 6.56. The van der Waals surface area contributed by atoms with Crippen molar-refractivity contribution in [1.82, 2.24) is 0 Å². The first-order chi connectivity index (χ1) is 25.8. The lowest BCUT2D eigenvalue weighted by Crippen LogP contribution is -2.32. The molecule has 52 heavy (non-hydrogen) atoms. The smallest absolute Gasteiger partial charge is 0.136 e. The van der Waals surface area contributed by atoms with E-state index >= 15 is 0 Å². The third-order valence-corrected chi connectivity index (χ3v) is 10.9. The van der Waals surface area contributed by atoms with E-state index in [0.717, 1.165) is 61.6 Å². The maximum absolute atomic E-state index is 6.56. The Morgan fingerprint density at radius 1 is 0.385 bits per heavy atom. The Hall–Kier alpha value is -6.84. The van der Waals surface area contributed by atoms with Crippen molar-refractivity contribution in [1.29, 1.82) is 0 Å². The molecule has 2 aliphatic rings. The number of furan rings is 1. The van der Waals surface area contributed by atoms with Gasteiger partial charge in [-0.2, -0.15) is 0 Å². The van der Waals surface area contributed by atoms with Crippen LogP contribution in [0.15, 0.2) is 192 Å². The van der Waals surface area contributed by atoms with Crippen molar-refractivity contribution in [3.63, 3.8) is 0 Å². The van der Waals surface area contributed by atoms with Gasteiger partial charge in [0, 0.05) is 38.8 Å². The van der Waals surface area contributed by atoms with Gasteiger partial charge in [0.15, 0.2) is 0 Å². The molecule has 3 heteroatoms. The van der Waals surface area contributed by atoms with Crippen molar-refractivity contribution in [2.24, 2.45) is 0 Å². The molecule has 0 saturated heterocycles. The zero-order chi connectivity index (χ0) is 34.2. The quantitative estimate of drug-likeness (QED) is 0.187. The molecule has 0 amide bonds. The molecule has 244 valence electrons. The molecular weight excluding hydrogens is 635 g/mol. The maximum Gasteiger partial charge on any atom is 0.136 e. The van der Waals surface area contributed by atoms with E-state index in [1.807, 2.05) is 12.1 Å². The number of benzene rings is 8. The summed E-state index contributed by atoms with van der Waals surface area (Å²) >= 11 is 0. The molecule has 9 aromatic rings. The average Bonchev–Trinajstić information content (AvgIpc) is 3.72. The van der Waals surface area contributed by atoms with Crippen LogP contribution in [0, 0.1) is 0 Å².